The lowest BCUT2D eigenvalue weighted by atomic mass is 9.66. The summed E-state index contributed by atoms with van der Waals surface area (Å²) in [5.41, 5.74) is 4.33. The fraction of sp³-hybridized carbons (Fsp3) is 0.615. The van der Waals surface area contributed by atoms with Gasteiger partial charge in [0.25, 0.3) is 0 Å². The SMILES string of the molecule is CCCCCC1(c2ccc(-c3ncc(OCCCC)cn3)c(C)c2)CCCCC1. The van der Waals surface area contributed by atoms with E-state index in [-0.39, 0.29) is 0 Å². The van der Waals surface area contributed by atoms with Crippen LogP contribution < -0.4 is 4.74 Å². The number of ether oxygens (including phenoxy) is 1. The molecule has 0 unspecified atom stereocenters. The van der Waals surface area contributed by atoms with E-state index < -0.39 is 0 Å². The van der Waals surface area contributed by atoms with Crippen LogP contribution in [0.3, 0.4) is 0 Å². The lowest BCUT2D eigenvalue weighted by molar-refractivity contribution is 0.266. The third-order valence-corrected chi connectivity index (χ3v) is 6.54. The van der Waals surface area contributed by atoms with Gasteiger partial charge < -0.3 is 4.74 Å². The molecule has 1 fully saturated rings. The van der Waals surface area contributed by atoms with Crippen molar-refractivity contribution in [2.24, 2.45) is 0 Å². The normalized spacial score (nSPS) is 16.0. The Bertz CT molecular complexity index is 748. The van der Waals surface area contributed by atoms with Crippen molar-refractivity contribution in [1.82, 2.24) is 9.97 Å². The number of unbranched alkanes of at least 4 members (excludes halogenated alkanes) is 3. The molecule has 3 nitrogen and oxygen atoms in total. The minimum Gasteiger partial charge on any atom is -0.490 e. The van der Waals surface area contributed by atoms with Gasteiger partial charge in [-0.1, -0.05) is 77.0 Å². The third-order valence-electron chi connectivity index (χ3n) is 6.54. The van der Waals surface area contributed by atoms with E-state index in [4.69, 9.17) is 4.74 Å². The van der Waals surface area contributed by atoms with Crippen molar-refractivity contribution < 1.29 is 4.74 Å². The standard InChI is InChI=1S/C26H38N2O/c1-4-6-9-14-26(15-10-8-11-16-26)22-12-13-24(21(3)18-22)25-27-19-23(20-28-25)29-17-7-5-2/h12-13,18-20H,4-11,14-17H2,1-3H3. The maximum absolute atomic E-state index is 5.70. The van der Waals surface area contributed by atoms with Crippen LogP contribution in [0.2, 0.25) is 0 Å². The van der Waals surface area contributed by atoms with Crippen LogP contribution in [-0.2, 0) is 5.41 Å². The minimum absolute atomic E-state index is 0.383. The predicted octanol–water partition coefficient (Wildman–Crippen LogP) is 7.41. The number of rotatable bonds is 10. The summed E-state index contributed by atoms with van der Waals surface area (Å²) in [4.78, 5) is 9.15. The second-order valence-corrected chi connectivity index (χ2v) is 8.77. The van der Waals surface area contributed by atoms with Crippen LogP contribution in [0.1, 0.15) is 95.6 Å². The highest BCUT2D eigenvalue weighted by atomic mass is 16.5. The monoisotopic (exact) mass is 394 g/mol. The third kappa shape index (κ3) is 5.58. The number of hydrogen-bond donors (Lipinski definition) is 0. The minimum atomic E-state index is 0.383. The molecule has 29 heavy (non-hydrogen) atoms. The van der Waals surface area contributed by atoms with E-state index in [1.807, 2.05) is 0 Å². The fourth-order valence-electron chi connectivity index (χ4n) is 4.73. The first-order valence-electron chi connectivity index (χ1n) is 11.7. The summed E-state index contributed by atoms with van der Waals surface area (Å²) in [5.74, 6) is 1.55. The highest BCUT2D eigenvalue weighted by molar-refractivity contribution is 5.61. The van der Waals surface area contributed by atoms with Crippen molar-refractivity contribution in [3.05, 3.63) is 41.7 Å². The van der Waals surface area contributed by atoms with Gasteiger partial charge in [0, 0.05) is 5.56 Å². The molecule has 3 heteroatoms. The van der Waals surface area contributed by atoms with Crippen molar-refractivity contribution in [1.29, 1.82) is 0 Å². The van der Waals surface area contributed by atoms with Crippen molar-refractivity contribution in [2.75, 3.05) is 6.61 Å². The lowest BCUT2D eigenvalue weighted by Gasteiger charge is -2.38. The summed E-state index contributed by atoms with van der Waals surface area (Å²) in [6, 6.07) is 7.02. The molecule has 0 bridgehead atoms. The predicted molar refractivity (Wildman–Crippen MR) is 122 cm³/mol. The molecule has 0 N–H and O–H groups in total. The van der Waals surface area contributed by atoms with Gasteiger partial charge in [-0.05, 0) is 49.1 Å². The molecule has 0 aliphatic heterocycles. The van der Waals surface area contributed by atoms with Crippen molar-refractivity contribution in [3.8, 4) is 17.1 Å². The molecule has 158 valence electrons. The van der Waals surface area contributed by atoms with Gasteiger partial charge in [-0.2, -0.15) is 0 Å². The van der Waals surface area contributed by atoms with Gasteiger partial charge in [-0.25, -0.2) is 9.97 Å². The van der Waals surface area contributed by atoms with Crippen LogP contribution in [0.25, 0.3) is 11.4 Å². The Labute approximate surface area is 177 Å². The van der Waals surface area contributed by atoms with Crippen LogP contribution in [0.4, 0.5) is 0 Å². The van der Waals surface area contributed by atoms with Crippen LogP contribution in [-0.4, -0.2) is 16.6 Å². The van der Waals surface area contributed by atoms with Gasteiger partial charge in [0.2, 0.25) is 0 Å². The summed E-state index contributed by atoms with van der Waals surface area (Å²) in [6.45, 7) is 7.40. The maximum Gasteiger partial charge on any atom is 0.159 e. The summed E-state index contributed by atoms with van der Waals surface area (Å²) >= 11 is 0. The number of benzene rings is 1. The second-order valence-electron chi connectivity index (χ2n) is 8.77. The van der Waals surface area contributed by atoms with Gasteiger partial charge in [-0.3, -0.25) is 0 Å². The van der Waals surface area contributed by atoms with E-state index in [1.165, 1.54) is 68.9 Å². The first kappa shape index (κ1) is 21.8. The zero-order valence-corrected chi connectivity index (χ0v) is 18.7. The molecule has 1 aromatic heterocycles. The van der Waals surface area contributed by atoms with E-state index in [9.17, 15) is 0 Å². The molecule has 0 atom stereocenters. The van der Waals surface area contributed by atoms with Gasteiger partial charge in [0.05, 0.1) is 19.0 Å². The Morgan fingerprint density at radius 1 is 0.931 bits per heavy atom. The molecular weight excluding hydrogens is 356 g/mol. The van der Waals surface area contributed by atoms with Crippen molar-refractivity contribution in [2.45, 2.75) is 96.8 Å². The van der Waals surface area contributed by atoms with Crippen LogP contribution >= 0.6 is 0 Å². The second kappa shape index (κ2) is 10.8. The largest absolute Gasteiger partial charge is 0.490 e. The summed E-state index contributed by atoms with van der Waals surface area (Å²) in [5, 5.41) is 0. The summed E-state index contributed by atoms with van der Waals surface area (Å²) < 4.78 is 5.70. The molecule has 3 rings (SSSR count). The smallest absolute Gasteiger partial charge is 0.159 e. The first-order valence-corrected chi connectivity index (χ1v) is 11.7. The molecule has 0 amide bonds. The highest BCUT2D eigenvalue weighted by Gasteiger charge is 2.33. The molecular formula is C26H38N2O. The fourth-order valence-corrected chi connectivity index (χ4v) is 4.73. The van der Waals surface area contributed by atoms with Gasteiger partial charge in [-0.15, -0.1) is 0 Å². The Hall–Kier alpha value is -1.90. The van der Waals surface area contributed by atoms with Crippen LogP contribution in [0, 0.1) is 6.92 Å². The van der Waals surface area contributed by atoms with E-state index in [0.29, 0.717) is 5.41 Å². The van der Waals surface area contributed by atoms with Gasteiger partial charge in [0.1, 0.15) is 0 Å². The number of aromatic nitrogens is 2. The molecule has 1 aromatic carbocycles. The van der Waals surface area contributed by atoms with Crippen molar-refractivity contribution in [3.63, 3.8) is 0 Å². The van der Waals surface area contributed by atoms with Crippen molar-refractivity contribution >= 4 is 0 Å². The molecule has 1 heterocycles. The van der Waals surface area contributed by atoms with E-state index in [1.54, 1.807) is 12.4 Å². The summed E-state index contributed by atoms with van der Waals surface area (Å²) in [7, 11) is 0. The number of hydrogen-bond acceptors (Lipinski definition) is 3. The van der Waals surface area contributed by atoms with E-state index in [0.717, 1.165) is 36.6 Å². The number of nitrogens with zero attached hydrogens (tertiary/aromatic N) is 2. The zero-order chi connectivity index (χ0) is 20.5. The average molecular weight is 395 g/mol. The molecule has 0 radical (unpaired) electrons. The highest BCUT2D eigenvalue weighted by Crippen LogP contribution is 2.44. The topological polar surface area (TPSA) is 35.0 Å². The Morgan fingerprint density at radius 3 is 2.31 bits per heavy atom. The van der Waals surface area contributed by atoms with Gasteiger partial charge >= 0.3 is 0 Å². The molecule has 1 aliphatic rings. The molecule has 0 spiro atoms. The van der Waals surface area contributed by atoms with Crippen LogP contribution in [0.5, 0.6) is 5.75 Å². The Kier molecular flexibility index (Phi) is 8.09. The lowest BCUT2D eigenvalue weighted by Crippen LogP contribution is -2.29. The molecule has 1 aliphatic carbocycles. The molecule has 2 aromatic rings. The Balaban J connectivity index is 1.77. The van der Waals surface area contributed by atoms with Gasteiger partial charge in [0.15, 0.2) is 11.6 Å². The first-order chi connectivity index (χ1) is 14.2. The summed E-state index contributed by atoms with van der Waals surface area (Å²) in [6.07, 6.45) is 17.9. The Morgan fingerprint density at radius 2 is 1.66 bits per heavy atom. The molecule has 0 saturated heterocycles. The van der Waals surface area contributed by atoms with Crippen LogP contribution in [0.15, 0.2) is 30.6 Å². The average Bonchev–Trinajstić information content (AvgIpc) is 2.75. The molecule has 1 saturated carbocycles. The maximum atomic E-state index is 5.70. The van der Waals surface area contributed by atoms with E-state index >= 15 is 0 Å². The van der Waals surface area contributed by atoms with E-state index in [2.05, 4.69) is 48.9 Å². The number of aryl methyl sites for hydroxylation is 1. The zero-order valence-electron chi connectivity index (χ0n) is 18.7. The quantitative estimate of drug-likeness (QED) is 0.393.